The summed E-state index contributed by atoms with van der Waals surface area (Å²) >= 11 is 6.04. The second kappa shape index (κ2) is 5.49. The van der Waals surface area contributed by atoms with Gasteiger partial charge in [0.1, 0.15) is 5.65 Å². The Bertz CT molecular complexity index is 558. The molecule has 0 atom stereocenters. The maximum absolute atomic E-state index is 4.56. The van der Waals surface area contributed by atoms with Crippen molar-refractivity contribution in [2.24, 2.45) is 5.92 Å². The molecule has 1 saturated carbocycles. The van der Waals surface area contributed by atoms with Gasteiger partial charge in [-0.25, -0.2) is 4.98 Å². The van der Waals surface area contributed by atoms with Gasteiger partial charge in [0.15, 0.2) is 0 Å². The number of hydrogen-bond donors (Lipinski definition) is 0. The lowest BCUT2D eigenvalue weighted by Gasteiger charge is -2.22. The quantitative estimate of drug-likeness (QED) is 0.628. The SMILES string of the molecule is Brc1ccnc2c1c(I)cn2CC1CCCCC1. The molecule has 0 radical (unpaired) electrons. The Morgan fingerprint density at radius 2 is 2.11 bits per heavy atom. The van der Waals surface area contributed by atoms with Crippen LogP contribution < -0.4 is 0 Å². The fourth-order valence-electron chi connectivity index (χ4n) is 2.92. The normalized spacial score (nSPS) is 17.4. The summed E-state index contributed by atoms with van der Waals surface area (Å²) in [5.74, 6) is 0.839. The molecule has 18 heavy (non-hydrogen) atoms. The molecule has 0 aliphatic heterocycles. The first kappa shape index (κ1) is 12.9. The van der Waals surface area contributed by atoms with Crippen LogP contribution in [-0.4, -0.2) is 9.55 Å². The number of pyridine rings is 1. The number of hydrogen-bond acceptors (Lipinski definition) is 1. The van der Waals surface area contributed by atoms with Crippen molar-refractivity contribution in [3.05, 3.63) is 26.5 Å². The summed E-state index contributed by atoms with van der Waals surface area (Å²) in [6.45, 7) is 1.13. The van der Waals surface area contributed by atoms with Crippen LogP contribution in [0.3, 0.4) is 0 Å². The smallest absolute Gasteiger partial charge is 0.142 e. The van der Waals surface area contributed by atoms with Gasteiger partial charge in [0, 0.05) is 32.4 Å². The van der Waals surface area contributed by atoms with Crippen LogP contribution in [0.4, 0.5) is 0 Å². The van der Waals surface area contributed by atoms with Crippen molar-refractivity contribution < 1.29 is 0 Å². The molecule has 0 unspecified atom stereocenters. The van der Waals surface area contributed by atoms with Gasteiger partial charge >= 0.3 is 0 Å². The van der Waals surface area contributed by atoms with Crippen LogP contribution >= 0.6 is 38.5 Å². The topological polar surface area (TPSA) is 17.8 Å². The molecule has 0 bridgehead atoms. The Hall–Kier alpha value is -0.100. The predicted molar refractivity (Wildman–Crippen MR) is 86.7 cm³/mol. The van der Waals surface area contributed by atoms with Gasteiger partial charge in [-0.3, -0.25) is 0 Å². The van der Waals surface area contributed by atoms with Crippen molar-refractivity contribution in [2.75, 3.05) is 0 Å². The summed E-state index contributed by atoms with van der Waals surface area (Å²) in [7, 11) is 0. The second-order valence-electron chi connectivity index (χ2n) is 5.12. The Morgan fingerprint density at radius 1 is 1.33 bits per heavy atom. The van der Waals surface area contributed by atoms with Crippen LogP contribution in [0.2, 0.25) is 0 Å². The van der Waals surface area contributed by atoms with Gasteiger partial charge in [-0.2, -0.15) is 0 Å². The van der Waals surface area contributed by atoms with Gasteiger partial charge in [0.2, 0.25) is 0 Å². The molecule has 96 valence electrons. The van der Waals surface area contributed by atoms with E-state index >= 15 is 0 Å². The highest BCUT2D eigenvalue weighted by Crippen LogP contribution is 2.31. The highest BCUT2D eigenvalue weighted by molar-refractivity contribution is 14.1. The zero-order valence-corrected chi connectivity index (χ0v) is 13.9. The van der Waals surface area contributed by atoms with E-state index in [0.717, 1.165) is 22.6 Å². The molecule has 0 aromatic carbocycles. The Kier molecular flexibility index (Phi) is 3.94. The van der Waals surface area contributed by atoms with Crippen molar-refractivity contribution in [1.29, 1.82) is 0 Å². The summed E-state index contributed by atoms with van der Waals surface area (Å²) < 4.78 is 4.79. The lowest BCUT2D eigenvalue weighted by molar-refractivity contribution is 0.322. The number of halogens is 2. The average Bonchev–Trinajstić information content (AvgIpc) is 2.69. The summed E-state index contributed by atoms with van der Waals surface area (Å²) in [4.78, 5) is 4.56. The number of rotatable bonds is 2. The molecule has 2 heterocycles. The minimum absolute atomic E-state index is 0.839. The third-order valence-corrected chi connectivity index (χ3v) is 5.32. The minimum Gasteiger partial charge on any atom is -0.331 e. The minimum atomic E-state index is 0.839. The second-order valence-corrected chi connectivity index (χ2v) is 7.14. The maximum atomic E-state index is 4.56. The standard InChI is InChI=1S/C14H16BrIN2/c15-11-6-7-17-14-13(11)12(16)9-18(14)8-10-4-2-1-3-5-10/h6-7,9-10H,1-5,8H2. The molecule has 2 aromatic heterocycles. The molecule has 3 rings (SSSR count). The lowest BCUT2D eigenvalue weighted by atomic mass is 9.89. The third kappa shape index (κ3) is 2.46. The number of fused-ring (bicyclic) bond motifs is 1. The fourth-order valence-corrected chi connectivity index (χ4v) is 4.66. The monoisotopic (exact) mass is 418 g/mol. The summed E-state index contributed by atoms with van der Waals surface area (Å²) in [5.41, 5.74) is 1.12. The zero-order valence-electron chi connectivity index (χ0n) is 10.2. The van der Waals surface area contributed by atoms with Crippen molar-refractivity contribution in [1.82, 2.24) is 9.55 Å². The average molecular weight is 419 g/mol. The van der Waals surface area contributed by atoms with E-state index in [-0.39, 0.29) is 0 Å². The van der Waals surface area contributed by atoms with Gasteiger partial charge in [0.05, 0.1) is 0 Å². The van der Waals surface area contributed by atoms with Crippen LogP contribution in [0.15, 0.2) is 22.9 Å². The van der Waals surface area contributed by atoms with E-state index in [2.05, 4.69) is 54.3 Å². The van der Waals surface area contributed by atoms with E-state index in [9.17, 15) is 0 Å². The first-order chi connectivity index (χ1) is 8.75. The molecule has 0 saturated heterocycles. The summed E-state index contributed by atoms with van der Waals surface area (Å²) in [5, 5.41) is 1.26. The molecule has 1 aliphatic rings. The van der Waals surface area contributed by atoms with Crippen LogP contribution in [-0.2, 0) is 6.54 Å². The number of aromatic nitrogens is 2. The van der Waals surface area contributed by atoms with E-state index < -0.39 is 0 Å². The van der Waals surface area contributed by atoms with Gasteiger partial charge in [-0.1, -0.05) is 19.3 Å². The molecule has 0 amide bonds. The fraction of sp³-hybridized carbons (Fsp3) is 0.500. The van der Waals surface area contributed by atoms with Crippen LogP contribution in [0.5, 0.6) is 0 Å². The molecule has 4 heteroatoms. The van der Waals surface area contributed by atoms with E-state index in [1.165, 1.54) is 41.1 Å². The molecule has 2 nitrogen and oxygen atoms in total. The summed E-state index contributed by atoms with van der Waals surface area (Å²) in [6, 6.07) is 2.02. The van der Waals surface area contributed by atoms with Gasteiger partial charge in [-0.05, 0) is 63.3 Å². The van der Waals surface area contributed by atoms with E-state index in [0.29, 0.717) is 0 Å². The van der Waals surface area contributed by atoms with Gasteiger partial charge in [-0.15, -0.1) is 0 Å². The molecular weight excluding hydrogens is 403 g/mol. The largest absolute Gasteiger partial charge is 0.331 e. The van der Waals surface area contributed by atoms with E-state index in [1.807, 2.05) is 12.3 Å². The molecule has 0 N–H and O–H groups in total. The first-order valence-corrected chi connectivity index (χ1v) is 8.41. The molecular formula is C14H16BrIN2. The molecule has 0 spiro atoms. The van der Waals surface area contributed by atoms with Crippen LogP contribution in [0.1, 0.15) is 32.1 Å². The van der Waals surface area contributed by atoms with Crippen molar-refractivity contribution in [3.63, 3.8) is 0 Å². The van der Waals surface area contributed by atoms with Crippen LogP contribution in [0, 0.1) is 9.49 Å². The highest BCUT2D eigenvalue weighted by atomic mass is 127. The third-order valence-electron chi connectivity index (χ3n) is 3.84. The molecule has 1 aliphatic carbocycles. The molecule has 1 fully saturated rings. The predicted octanol–water partition coefficient (Wildman–Crippen LogP) is 4.98. The number of nitrogens with zero attached hydrogens (tertiary/aromatic N) is 2. The maximum Gasteiger partial charge on any atom is 0.142 e. The van der Waals surface area contributed by atoms with Crippen LogP contribution in [0.25, 0.3) is 11.0 Å². The summed E-state index contributed by atoms with van der Waals surface area (Å²) in [6.07, 6.45) is 11.1. The Balaban J connectivity index is 1.94. The zero-order chi connectivity index (χ0) is 12.5. The van der Waals surface area contributed by atoms with E-state index in [4.69, 9.17) is 0 Å². The Morgan fingerprint density at radius 3 is 2.89 bits per heavy atom. The van der Waals surface area contributed by atoms with Gasteiger partial charge < -0.3 is 4.57 Å². The van der Waals surface area contributed by atoms with Gasteiger partial charge in [0.25, 0.3) is 0 Å². The van der Waals surface area contributed by atoms with Crippen molar-refractivity contribution in [3.8, 4) is 0 Å². The highest BCUT2D eigenvalue weighted by Gasteiger charge is 2.17. The first-order valence-electron chi connectivity index (χ1n) is 6.54. The van der Waals surface area contributed by atoms with Crippen molar-refractivity contribution >= 4 is 49.6 Å². The van der Waals surface area contributed by atoms with Crippen molar-refractivity contribution in [2.45, 2.75) is 38.6 Å². The molecule has 2 aromatic rings. The van der Waals surface area contributed by atoms with E-state index in [1.54, 1.807) is 0 Å². The lowest BCUT2D eigenvalue weighted by Crippen LogP contribution is -2.13. The Labute approximate surface area is 129 Å².